The highest BCUT2D eigenvalue weighted by molar-refractivity contribution is 7.08. The lowest BCUT2D eigenvalue weighted by atomic mass is 9.80. The average Bonchev–Trinajstić information content (AvgIpc) is 3.80. The molecule has 42 heavy (non-hydrogen) atoms. The van der Waals surface area contributed by atoms with E-state index in [1.807, 2.05) is 28.9 Å². The lowest BCUT2D eigenvalue weighted by molar-refractivity contribution is -0.142. The molecule has 7 rings (SSSR count). The van der Waals surface area contributed by atoms with E-state index in [1.54, 1.807) is 11.3 Å². The van der Waals surface area contributed by atoms with Crippen molar-refractivity contribution in [3.63, 3.8) is 0 Å². The maximum atomic E-state index is 13.6. The Bertz CT molecular complexity index is 1840. The third kappa shape index (κ3) is 4.18. The fraction of sp³-hybridized carbons (Fsp3) is 0.206. The van der Waals surface area contributed by atoms with Gasteiger partial charge in [-0.25, -0.2) is 0 Å². The van der Waals surface area contributed by atoms with Crippen LogP contribution in [0.4, 0.5) is 5.69 Å². The second kappa shape index (κ2) is 10.4. The molecule has 0 aliphatic carbocycles. The number of thiophene rings is 1. The molecule has 3 aromatic carbocycles. The van der Waals surface area contributed by atoms with Crippen LogP contribution in [0, 0.1) is 0 Å². The van der Waals surface area contributed by atoms with Gasteiger partial charge in [0, 0.05) is 41.9 Å². The number of hydrogen-bond donors (Lipinski definition) is 1. The molecule has 0 spiro atoms. The van der Waals surface area contributed by atoms with Crippen LogP contribution in [0.2, 0.25) is 0 Å². The van der Waals surface area contributed by atoms with E-state index in [0.29, 0.717) is 12.2 Å². The van der Waals surface area contributed by atoms with Crippen molar-refractivity contribution in [1.82, 2.24) is 19.6 Å². The molecule has 1 atom stereocenters. The summed E-state index contributed by atoms with van der Waals surface area (Å²) in [5.74, 6) is -0.662. The monoisotopic (exact) mass is 573 g/mol. The van der Waals surface area contributed by atoms with Crippen molar-refractivity contribution in [3.05, 3.63) is 107 Å². The molecule has 7 nitrogen and oxygen atoms in total. The molecule has 2 aliphatic heterocycles. The standard InChI is InChI=1S/C34H31N5O2S/c1-37(2)17-7-18-38-29-13-4-3-10-27(29)33(36-38)34(39-30(40)14-15-31(39)41)22-35-28-12-6-11-26(32(28)34)24-9-5-8-23(20-24)25-16-19-42-21-25/h3-6,8-16,19-21,35H,7,17-18,22H2,1-2H3. The summed E-state index contributed by atoms with van der Waals surface area (Å²) in [6.45, 7) is 1.98. The SMILES string of the molecule is CN(C)CCCn1nc(C2(N3C(=O)C=CC3=O)CNc3cccc(-c4cccc(-c5ccsc5)c4)c32)c2ccccc21. The minimum Gasteiger partial charge on any atom is -0.382 e. The summed E-state index contributed by atoms with van der Waals surface area (Å²) in [7, 11) is 4.13. The van der Waals surface area contributed by atoms with Crippen molar-refractivity contribution >= 4 is 39.7 Å². The van der Waals surface area contributed by atoms with Gasteiger partial charge in [0.2, 0.25) is 0 Å². The normalized spacial score (nSPS) is 17.9. The number of nitrogens with zero attached hydrogens (tertiary/aromatic N) is 4. The van der Waals surface area contributed by atoms with E-state index in [0.717, 1.165) is 63.9 Å². The molecule has 0 saturated heterocycles. The van der Waals surface area contributed by atoms with E-state index in [-0.39, 0.29) is 11.8 Å². The molecule has 0 bridgehead atoms. The molecule has 5 aromatic rings. The molecule has 2 aromatic heterocycles. The van der Waals surface area contributed by atoms with E-state index in [9.17, 15) is 9.59 Å². The Kier molecular flexibility index (Phi) is 6.52. The van der Waals surface area contributed by atoms with Crippen molar-refractivity contribution in [2.45, 2.75) is 18.5 Å². The zero-order valence-corrected chi connectivity index (χ0v) is 24.4. The molecule has 0 radical (unpaired) electrons. The third-order valence-electron chi connectivity index (χ3n) is 8.26. The number of amides is 2. The number of aromatic nitrogens is 2. The van der Waals surface area contributed by atoms with Crippen LogP contribution in [-0.2, 0) is 21.7 Å². The van der Waals surface area contributed by atoms with Crippen LogP contribution in [0.25, 0.3) is 33.2 Å². The molecule has 1 unspecified atom stereocenters. The van der Waals surface area contributed by atoms with Gasteiger partial charge in [-0.05, 0) is 84.3 Å². The summed E-state index contributed by atoms with van der Waals surface area (Å²) in [6, 6.07) is 24.8. The Labute approximate surface area is 248 Å². The van der Waals surface area contributed by atoms with Crippen LogP contribution in [0.3, 0.4) is 0 Å². The zero-order chi connectivity index (χ0) is 28.8. The van der Waals surface area contributed by atoms with Crippen LogP contribution < -0.4 is 5.32 Å². The van der Waals surface area contributed by atoms with Crippen LogP contribution in [0.1, 0.15) is 17.7 Å². The fourth-order valence-corrected chi connectivity index (χ4v) is 7.07. The number of fused-ring (bicyclic) bond motifs is 2. The average molecular weight is 574 g/mol. The summed E-state index contributed by atoms with van der Waals surface area (Å²) < 4.78 is 2.03. The molecule has 8 heteroatoms. The van der Waals surface area contributed by atoms with Crippen LogP contribution in [-0.4, -0.2) is 58.6 Å². The molecule has 1 N–H and O–H groups in total. The number of anilines is 1. The van der Waals surface area contributed by atoms with Gasteiger partial charge in [0.15, 0.2) is 0 Å². The van der Waals surface area contributed by atoms with Crippen molar-refractivity contribution in [3.8, 4) is 22.3 Å². The predicted octanol–water partition coefficient (Wildman–Crippen LogP) is 5.98. The summed E-state index contributed by atoms with van der Waals surface area (Å²) in [4.78, 5) is 30.7. The first-order valence-corrected chi connectivity index (χ1v) is 15.1. The van der Waals surface area contributed by atoms with Gasteiger partial charge in [-0.15, -0.1) is 0 Å². The fourth-order valence-electron chi connectivity index (χ4n) is 6.41. The first-order chi connectivity index (χ1) is 20.5. The lowest BCUT2D eigenvalue weighted by Gasteiger charge is -2.37. The van der Waals surface area contributed by atoms with E-state index in [4.69, 9.17) is 5.10 Å². The molecule has 0 saturated carbocycles. The molecule has 0 fully saturated rings. The van der Waals surface area contributed by atoms with Crippen molar-refractivity contribution < 1.29 is 9.59 Å². The Morgan fingerprint density at radius 1 is 0.929 bits per heavy atom. The Balaban J connectivity index is 1.47. The second-order valence-corrected chi connectivity index (χ2v) is 11.9. The first-order valence-electron chi connectivity index (χ1n) is 14.1. The van der Waals surface area contributed by atoms with Crippen LogP contribution in [0.15, 0.2) is 95.7 Å². The Hall–Kier alpha value is -4.53. The number of aryl methyl sites for hydroxylation is 1. The number of benzene rings is 3. The number of para-hydroxylation sites is 1. The van der Waals surface area contributed by atoms with E-state index >= 15 is 0 Å². The summed E-state index contributed by atoms with van der Waals surface area (Å²) >= 11 is 1.67. The summed E-state index contributed by atoms with van der Waals surface area (Å²) in [6.07, 6.45) is 3.67. The van der Waals surface area contributed by atoms with Gasteiger partial charge >= 0.3 is 0 Å². The highest BCUT2D eigenvalue weighted by Gasteiger charge is 2.54. The predicted molar refractivity (Wildman–Crippen MR) is 168 cm³/mol. The van der Waals surface area contributed by atoms with E-state index in [2.05, 4.69) is 83.6 Å². The van der Waals surface area contributed by atoms with Gasteiger partial charge in [0.25, 0.3) is 11.8 Å². The van der Waals surface area contributed by atoms with Crippen molar-refractivity contribution in [1.29, 1.82) is 0 Å². The highest BCUT2D eigenvalue weighted by Crippen LogP contribution is 2.51. The number of carbonyl (C=O) groups is 2. The Morgan fingerprint density at radius 2 is 1.71 bits per heavy atom. The minimum absolute atomic E-state index is 0.331. The van der Waals surface area contributed by atoms with Crippen LogP contribution in [0.5, 0.6) is 0 Å². The summed E-state index contributed by atoms with van der Waals surface area (Å²) in [5, 5.41) is 14.0. The first kappa shape index (κ1) is 26.4. The minimum atomic E-state index is -1.14. The molecular weight excluding hydrogens is 542 g/mol. The number of carbonyl (C=O) groups excluding carboxylic acids is 2. The molecular formula is C34H31N5O2S. The van der Waals surface area contributed by atoms with E-state index in [1.165, 1.54) is 17.1 Å². The van der Waals surface area contributed by atoms with Gasteiger partial charge in [-0.2, -0.15) is 16.4 Å². The van der Waals surface area contributed by atoms with Gasteiger partial charge in [-0.3, -0.25) is 19.2 Å². The van der Waals surface area contributed by atoms with Crippen LogP contribution >= 0.6 is 11.3 Å². The molecule has 4 heterocycles. The van der Waals surface area contributed by atoms with Crippen molar-refractivity contribution in [2.75, 3.05) is 32.5 Å². The number of hydrogen-bond acceptors (Lipinski definition) is 6. The smallest absolute Gasteiger partial charge is 0.254 e. The molecule has 210 valence electrons. The number of imide groups is 1. The number of nitrogens with one attached hydrogen (secondary N) is 1. The number of rotatable bonds is 8. The van der Waals surface area contributed by atoms with Crippen molar-refractivity contribution in [2.24, 2.45) is 0 Å². The quantitative estimate of drug-likeness (QED) is 0.232. The van der Waals surface area contributed by atoms with Gasteiger partial charge in [-0.1, -0.05) is 48.5 Å². The zero-order valence-electron chi connectivity index (χ0n) is 23.6. The maximum absolute atomic E-state index is 13.6. The van der Waals surface area contributed by atoms with Gasteiger partial charge < -0.3 is 10.2 Å². The summed E-state index contributed by atoms with van der Waals surface area (Å²) in [5.41, 5.74) is 6.61. The topological polar surface area (TPSA) is 70.5 Å². The largest absolute Gasteiger partial charge is 0.382 e. The highest BCUT2D eigenvalue weighted by atomic mass is 32.1. The maximum Gasteiger partial charge on any atom is 0.254 e. The second-order valence-electron chi connectivity index (χ2n) is 11.1. The van der Waals surface area contributed by atoms with E-state index < -0.39 is 5.54 Å². The van der Waals surface area contributed by atoms with Gasteiger partial charge in [0.05, 0.1) is 5.52 Å². The third-order valence-corrected chi connectivity index (χ3v) is 8.94. The lowest BCUT2D eigenvalue weighted by Crippen LogP contribution is -2.52. The molecule has 2 amide bonds. The Morgan fingerprint density at radius 3 is 2.50 bits per heavy atom. The molecule has 2 aliphatic rings. The van der Waals surface area contributed by atoms with Gasteiger partial charge in [0.1, 0.15) is 11.2 Å².